The van der Waals surface area contributed by atoms with Gasteiger partial charge in [0.15, 0.2) is 0 Å². The highest BCUT2D eigenvalue weighted by Gasteiger charge is 2.21. The van der Waals surface area contributed by atoms with Crippen LogP contribution < -0.4 is 11.5 Å². The molecule has 0 saturated carbocycles. The first-order valence-corrected chi connectivity index (χ1v) is 5.50. The highest BCUT2D eigenvalue weighted by atomic mass is 31.2. The molecule has 7 nitrogen and oxygen atoms in total. The Morgan fingerprint density at radius 1 is 1.43 bits per heavy atom. The monoisotopic (exact) mass is 226 g/mol. The Morgan fingerprint density at radius 3 is 2.29 bits per heavy atom. The molecule has 6 N–H and O–H groups in total. The van der Waals surface area contributed by atoms with E-state index in [1.54, 1.807) is 6.92 Å². The van der Waals surface area contributed by atoms with Crippen LogP contribution in [0.15, 0.2) is 0 Å². The summed E-state index contributed by atoms with van der Waals surface area (Å²) in [4.78, 5) is 27.8. The smallest absolute Gasteiger partial charge is 0.328 e. The summed E-state index contributed by atoms with van der Waals surface area (Å²) in [6, 6.07) is -0.301. The van der Waals surface area contributed by atoms with Gasteiger partial charge in [0.1, 0.15) is 12.0 Å². The maximum Gasteiger partial charge on any atom is 0.471 e. The minimum Gasteiger partial charge on any atom is -0.328 e. The van der Waals surface area contributed by atoms with E-state index >= 15 is 0 Å². The van der Waals surface area contributed by atoms with Crippen LogP contribution in [-0.2, 0) is 13.9 Å². The van der Waals surface area contributed by atoms with E-state index in [1.807, 2.05) is 0 Å². The van der Waals surface area contributed by atoms with Crippen molar-refractivity contribution in [2.75, 3.05) is 0 Å². The van der Waals surface area contributed by atoms with E-state index in [0.29, 0.717) is 0 Å². The van der Waals surface area contributed by atoms with Crippen molar-refractivity contribution in [2.45, 2.75) is 32.0 Å². The lowest BCUT2D eigenvalue weighted by molar-refractivity contribution is -0.120. The molecule has 84 valence electrons. The van der Waals surface area contributed by atoms with Gasteiger partial charge < -0.3 is 21.3 Å². The molecule has 2 unspecified atom stereocenters. The van der Waals surface area contributed by atoms with Gasteiger partial charge in [0.05, 0.1) is 0 Å². The summed E-state index contributed by atoms with van der Waals surface area (Å²) in [7, 11) is -4.62. The fourth-order valence-electron chi connectivity index (χ4n) is 0.880. The molecule has 0 fully saturated rings. The molecule has 8 heteroatoms. The molecule has 2 atom stereocenters. The largest absolute Gasteiger partial charge is 0.471 e. The van der Waals surface area contributed by atoms with Crippen molar-refractivity contribution in [3.8, 4) is 0 Å². The molecule has 0 aliphatic rings. The van der Waals surface area contributed by atoms with Crippen LogP contribution in [-0.4, -0.2) is 27.8 Å². The average Bonchev–Trinajstić information content (AvgIpc) is 1.77. The zero-order chi connectivity index (χ0) is 11.4. The first-order chi connectivity index (χ1) is 6.20. The summed E-state index contributed by atoms with van der Waals surface area (Å²) < 4.78 is 14.4. The second kappa shape index (κ2) is 5.55. The highest BCUT2D eigenvalue weighted by molar-refractivity contribution is 7.46. The van der Waals surface area contributed by atoms with E-state index in [4.69, 9.17) is 21.3 Å². The number of phosphoric ester groups is 1. The fraction of sp³-hybridized carbons (Fsp3) is 0.833. The van der Waals surface area contributed by atoms with E-state index in [0.717, 1.165) is 0 Å². The topological polar surface area (TPSA) is 136 Å². The van der Waals surface area contributed by atoms with Gasteiger partial charge in [0, 0.05) is 18.9 Å². The lowest BCUT2D eigenvalue weighted by atomic mass is 10.1. The molecule has 0 radical (unpaired) electrons. The van der Waals surface area contributed by atoms with Crippen molar-refractivity contribution in [1.82, 2.24) is 0 Å². The van der Waals surface area contributed by atoms with Crippen LogP contribution in [0.3, 0.4) is 0 Å². The van der Waals surface area contributed by atoms with Gasteiger partial charge in [-0.3, -0.25) is 9.32 Å². The maximum atomic E-state index is 11.1. The summed E-state index contributed by atoms with van der Waals surface area (Å²) >= 11 is 0. The van der Waals surface area contributed by atoms with Gasteiger partial charge >= 0.3 is 7.82 Å². The van der Waals surface area contributed by atoms with Crippen LogP contribution in [0.4, 0.5) is 0 Å². The van der Waals surface area contributed by atoms with E-state index in [9.17, 15) is 9.36 Å². The number of carbonyl (C=O) groups excluding carboxylic acids is 1. The molecule has 0 aliphatic carbocycles. The summed E-state index contributed by atoms with van der Waals surface area (Å²) in [6.07, 6.45) is -1.44. The molecule has 0 amide bonds. The second-order valence-electron chi connectivity index (χ2n) is 3.06. The van der Waals surface area contributed by atoms with Gasteiger partial charge in [-0.25, -0.2) is 4.57 Å². The average molecular weight is 226 g/mol. The van der Waals surface area contributed by atoms with E-state index < -0.39 is 14.1 Å². The maximum absolute atomic E-state index is 11.1. The van der Waals surface area contributed by atoms with E-state index in [2.05, 4.69) is 4.52 Å². The van der Waals surface area contributed by atoms with E-state index in [-0.39, 0.29) is 24.7 Å². The van der Waals surface area contributed by atoms with Gasteiger partial charge in [-0.1, -0.05) is 0 Å². The Morgan fingerprint density at radius 2 is 1.93 bits per heavy atom. The third kappa shape index (κ3) is 8.31. The molecule has 0 aromatic carbocycles. The van der Waals surface area contributed by atoms with Gasteiger partial charge in [-0.05, 0) is 6.92 Å². The van der Waals surface area contributed by atoms with Crippen LogP contribution in [0, 0.1) is 0 Å². The third-order valence-corrected chi connectivity index (χ3v) is 1.80. The first kappa shape index (κ1) is 13.7. The molecule has 14 heavy (non-hydrogen) atoms. The Labute approximate surface area is 81.7 Å². The first-order valence-electron chi connectivity index (χ1n) is 3.97. The van der Waals surface area contributed by atoms with Crippen molar-refractivity contribution >= 4 is 13.6 Å². The minimum atomic E-state index is -4.62. The Bertz CT molecular complexity index is 238. The van der Waals surface area contributed by atoms with Crippen molar-refractivity contribution in [2.24, 2.45) is 11.5 Å². The summed E-state index contributed by atoms with van der Waals surface area (Å²) in [5.41, 5.74) is 10.5. The number of ketones is 1. The Hall–Kier alpha value is -0.300. The third-order valence-electron chi connectivity index (χ3n) is 1.25. The zero-order valence-electron chi connectivity index (χ0n) is 7.79. The number of carbonyl (C=O) groups is 1. The predicted molar refractivity (Wildman–Crippen MR) is 49.0 cm³/mol. The van der Waals surface area contributed by atoms with E-state index in [1.165, 1.54) is 0 Å². The van der Waals surface area contributed by atoms with Gasteiger partial charge in [0.2, 0.25) is 0 Å². The molecule has 0 aromatic heterocycles. The summed E-state index contributed by atoms with van der Waals surface area (Å²) in [5.74, 6) is -0.291. The van der Waals surface area contributed by atoms with Crippen molar-refractivity contribution in [3.63, 3.8) is 0 Å². The highest BCUT2D eigenvalue weighted by Crippen LogP contribution is 2.37. The van der Waals surface area contributed by atoms with Crippen molar-refractivity contribution in [3.05, 3.63) is 0 Å². The van der Waals surface area contributed by atoms with Crippen LogP contribution in [0.25, 0.3) is 0 Å². The van der Waals surface area contributed by atoms with Crippen LogP contribution >= 0.6 is 7.82 Å². The molecule has 0 aliphatic heterocycles. The molecule has 0 aromatic rings. The molecular weight excluding hydrogens is 211 g/mol. The van der Waals surface area contributed by atoms with Gasteiger partial charge in [-0.15, -0.1) is 0 Å². The SMILES string of the molecule is CC(N)CC(=O)CC(N)OP(=O)(O)O. The minimum absolute atomic E-state index is 0.109. The number of hydrogen-bond donors (Lipinski definition) is 4. The number of rotatable bonds is 6. The van der Waals surface area contributed by atoms with Crippen molar-refractivity contribution in [1.29, 1.82) is 0 Å². The Balaban J connectivity index is 3.89. The molecule has 0 spiro atoms. The number of nitrogens with two attached hydrogens (primary N) is 2. The molecule has 0 heterocycles. The molecule has 0 saturated heterocycles. The van der Waals surface area contributed by atoms with Gasteiger partial charge in [-0.2, -0.15) is 0 Å². The Kier molecular flexibility index (Phi) is 5.43. The number of hydrogen-bond acceptors (Lipinski definition) is 5. The number of Topliss-reactive ketones (excluding diaryl/α,β-unsaturated/α-hetero) is 1. The molecule has 0 bridgehead atoms. The van der Waals surface area contributed by atoms with Gasteiger partial charge in [0.25, 0.3) is 0 Å². The quantitative estimate of drug-likeness (QED) is 0.339. The van der Waals surface area contributed by atoms with Crippen LogP contribution in [0.5, 0.6) is 0 Å². The summed E-state index contributed by atoms with van der Waals surface area (Å²) in [5, 5.41) is 0. The second-order valence-corrected chi connectivity index (χ2v) is 4.25. The standard InChI is InChI=1S/C6H15N2O5P/c1-4(7)2-5(9)3-6(8)13-14(10,11)12/h4,6H,2-3,7-8H2,1H3,(H2,10,11,12). The lowest BCUT2D eigenvalue weighted by Crippen LogP contribution is -2.28. The summed E-state index contributed by atoms with van der Waals surface area (Å²) in [6.45, 7) is 1.65. The normalized spacial score (nSPS) is 16.4. The number of phosphoric acid groups is 1. The zero-order valence-corrected chi connectivity index (χ0v) is 8.68. The fourth-order valence-corrected chi connectivity index (χ4v) is 1.31. The van der Waals surface area contributed by atoms with Crippen LogP contribution in [0.2, 0.25) is 0 Å². The molecular formula is C6H15N2O5P. The van der Waals surface area contributed by atoms with Crippen molar-refractivity contribution < 1.29 is 23.7 Å². The molecule has 0 rings (SSSR count). The van der Waals surface area contributed by atoms with Crippen LogP contribution in [0.1, 0.15) is 19.8 Å². The lowest BCUT2D eigenvalue weighted by Gasteiger charge is -2.13. The predicted octanol–water partition coefficient (Wildman–Crippen LogP) is -0.923.